The summed E-state index contributed by atoms with van der Waals surface area (Å²) >= 11 is 0. The molecular weight excluding hydrogens is 320 g/mol. The van der Waals surface area contributed by atoms with Gasteiger partial charge in [0.1, 0.15) is 0 Å². The van der Waals surface area contributed by atoms with Gasteiger partial charge in [-0.1, -0.05) is 12.1 Å². The molecule has 0 unspecified atom stereocenters. The zero-order valence-electron chi connectivity index (χ0n) is 12.1. The predicted molar refractivity (Wildman–Crippen MR) is 84.0 cm³/mol. The summed E-state index contributed by atoms with van der Waals surface area (Å²) in [4.78, 5) is 23.1. The van der Waals surface area contributed by atoms with E-state index in [1.165, 1.54) is 49.5 Å². The molecule has 0 aliphatic heterocycles. The van der Waals surface area contributed by atoms with Crippen LogP contribution in [-0.4, -0.2) is 32.4 Å². The number of carbonyl (C=O) groups is 2. The second-order valence-electron chi connectivity index (χ2n) is 4.58. The van der Waals surface area contributed by atoms with Gasteiger partial charge in [0.25, 0.3) is 5.91 Å². The average Bonchev–Trinajstić information content (AvgIpc) is 2.55. The molecule has 0 radical (unpaired) electrons. The van der Waals surface area contributed by atoms with E-state index in [0.29, 0.717) is 5.69 Å². The van der Waals surface area contributed by atoms with E-state index >= 15 is 0 Å². The molecule has 0 aliphatic carbocycles. The number of nitrogens with one attached hydrogen (secondary N) is 2. The Hall–Kier alpha value is -2.71. The summed E-state index contributed by atoms with van der Waals surface area (Å²) in [6.45, 7) is 0. The molecule has 0 bridgehead atoms. The number of anilines is 1. The smallest absolute Gasteiger partial charge is 0.335 e. The number of rotatable bonds is 5. The number of benzene rings is 2. The van der Waals surface area contributed by atoms with Crippen LogP contribution in [0.3, 0.4) is 0 Å². The first-order chi connectivity index (χ1) is 10.8. The van der Waals surface area contributed by atoms with Crippen molar-refractivity contribution >= 4 is 27.6 Å². The molecule has 7 nitrogen and oxygen atoms in total. The highest BCUT2D eigenvalue weighted by molar-refractivity contribution is 7.89. The minimum atomic E-state index is -3.65. The minimum Gasteiger partial charge on any atom is -0.478 e. The van der Waals surface area contributed by atoms with Gasteiger partial charge in [0, 0.05) is 11.3 Å². The van der Waals surface area contributed by atoms with Crippen LogP contribution >= 0.6 is 0 Å². The number of hydrogen-bond acceptors (Lipinski definition) is 4. The molecule has 2 aromatic carbocycles. The van der Waals surface area contributed by atoms with Crippen molar-refractivity contribution in [3.8, 4) is 0 Å². The van der Waals surface area contributed by atoms with E-state index in [-0.39, 0.29) is 16.0 Å². The van der Waals surface area contributed by atoms with Crippen LogP contribution in [0.2, 0.25) is 0 Å². The van der Waals surface area contributed by atoms with Gasteiger partial charge in [0.2, 0.25) is 10.0 Å². The third-order valence-corrected chi connectivity index (χ3v) is 4.45. The summed E-state index contributed by atoms with van der Waals surface area (Å²) in [5.41, 5.74) is 0.480. The Morgan fingerprint density at radius 1 is 1.00 bits per heavy atom. The lowest BCUT2D eigenvalue weighted by Crippen LogP contribution is -2.19. The number of amides is 1. The fraction of sp³-hybridized carbons (Fsp3) is 0.0667. The summed E-state index contributed by atoms with van der Waals surface area (Å²) in [6.07, 6.45) is 0. The largest absolute Gasteiger partial charge is 0.478 e. The van der Waals surface area contributed by atoms with E-state index in [1.54, 1.807) is 6.07 Å². The Kier molecular flexibility index (Phi) is 4.77. The molecule has 0 heterocycles. The highest BCUT2D eigenvalue weighted by Gasteiger charge is 2.14. The Morgan fingerprint density at radius 3 is 2.30 bits per heavy atom. The third-order valence-electron chi connectivity index (χ3n) is 3.04. The number of carboxylic acids is 1. The van der Waals surface area contributed by atoms with Crippen molar-refractivity contribution in [3.05, 3.63) is 59.7 Å². The summed E-state index contributed by atoms with van der Waals surface area (Å²) in [5, 5.41) is 11.5. The molecule has 2 aromatic rings. The first-order valence-corrected chi connectivity index (χ1v) is 8.00. The first-order valence-electron chi connectivity index (χ1n) is 6.52. The van der Waals surface area contributed by atoms with E-state index in [4.69, 9.17) is 5.11 Å². The van der Waals surface area contributed by atoms with Crippen LogP contribution < -0.4 is 10.0 Å². The zero-order chi connectivity index (χ0) is 17.0. The van der Waals surface area contributed by atoms with Crippen LogP contribution in [0.25, 0.3) is 0 Å². The normalized spacial score (nSPS) is 11.0. The van der Waals surface area contributed by atoms with Crippen LogP contribution in [0.15, 0.2) is 53.4 Å². The summed E-state index contributed by atoms with van der Waals surface area (Å²) in [5.74, 6) is -1.65. The maximum Gasteiger partial charge on any atom is 0.335 e. The first kappa shape index (κ1) is 16.7. The van der Waals surface area contributed by atoms with Crippen molar-refractivity contribution < 1.29 is 23.1 Å². The topological polar surface area (TPSA) is 113 Å². The summed E-state index contributed by atoms with van der Waals surface area (Å²) in [7, 11) is -2.38. The van der Waals surface area contributed by atoms with Gasteiger partial charge >= 0.3 is 5.97 Å². The lowest BCUT2D eigenvalue weighted by molar-refractivity contribution is 0.0696. The molecule has 1 amide bonds. The van der Waals surface area contributed by atoms with Crippen LogP contribution in [0, 0.1) is 0 Å². The van der Waals surface area contributed by atoms with E-state index in [1.807, 2.05) is 0 Å². The van der Waals surface area contributed by atoms with Gasteiger partial charge in [-0.2, -0.15) is 0 Å². The zero-order valence-corrected chi connectivity index (χ0v) is 12.9. The van der Waals surface area contributed by atoms with Crippen molar-refractivity contribution in [1.82, 2.24) is 4.72 Å². The maximum absolute atomic E-state index is 12.2. The SMILES string of the molecule is CNS(=O)(=O)c1cccc(C(=O)Nc2cccc(C(=O)O)c2)c1. The Labute approximate surface area is 133 Å². The molecular formula is C15H14N2O5S. The highest BCUT2D eigenvalue weighted by Crippen LogP contribution is 2.15. The molecule has 0 aliphatic rings. The van der Waals surface area contributed by atoms with Gasteiger partial charge in [-0.25, -0.2) is 17.9 Å². The molecule has 0 fully saturated rings. The van der Waals surface area contributed by atoms with Crippen molar-refractivity contribution in [1.29, 1.82) is 0 Å². The average molecular weight is 334 g/mol. The lowest BCUT2D eigenvalue weighted by Gasteiger charge is -2.08. The molecule has 120 valence electrons. The molecule has 23 heavy (non-hydrogen) atoms. The highest BCUT2D eigenvalue weighted by atomic mass is 32.2. The van der Waals surface area contributed by atoms with Crippen molar-refractivity contribution in [2.45, 2.75) is 4.90 Å². The van der Waals surface area contributed by atoms with E-state index in [9.17, 15) is 18.0 Å². The van der Waals surface area contributed by atoms with Gasteiger partial charge in [-0.3, -0.25) is 4.79 Å². The molecule has 0 atom stereocenters. The Morgan fingerprint density at radius 2 is 1.65 bits per heavy atom. The number of aromatic carboxylic acids is 1. The van der Waals surface area contributed by atoms with Gasteiger partial charge in [-0.05, 0) is 43.4 Å². The summed E-state index contributed by atoms with van der Waals surface area (Å²) in [6, 6.07) is 11.3. The van der Waals surface area contributed by atoms with Crippen LogP contribution in [0.5, 0.6) is 0 Å². The van der Waals surface area contributed by atoms with Gasteiger partial charge in [0.15, 0.2) is 0 Å². The van der Waals surface area contributed by atoms with Crippen LogP contribution in [0.4, 0.5) is 5.69 Å². The minimum absolute atomic E-state index is 0.0352. The fourth-order valence-electron chi connectivity index (χ4n) is 1.86. The number of hydrogen-bond donors (Lipinski definition) is 3. The Balaban J connectivity index is 2.27. The Bertz CT molecular complexity index is 862. The molecule has 0 saturated carbocycles. The molecule has 0 spiro atoms. The van der Waals surface area contributed by atoms with E-state index < -0.39 is 21.9 Å². The fourth-order valence-corrected chi connectivity index (χ4v) is 2.63. The summed E-state index contributed by atoms with van der Waals surface area (Å²) < 4.78 is 25.7. The molecule has 0 aromatic heterocycles. The predicted octanol–water partition coefficient (Wildman–Crippen LogP) is 1.55. The van der Waals surface area contributed by atoms with Crippen LogP contribution in [0.1, 0.15) is 20.7 Å². The van der Waals surface area contributed by atoms with Gasteiger partial charge in [-0.15, -0.1) is 0 Å². The standard InChI is InChI=1S/C15H14N2O5S/c1-16-23(21,22)13-7-3-4-10(9-13)14(18)17-12-6-2-5-11(8-12)15(19)20/h2-9,16H,1H3,(H,17,18)(H,19,20). The third kappa shape index (κ3) is 3.93. The van der Waals surface area contributed by atoms with Crippen molar-refractivity contribution in [2.24, 2.45) is 0 Å². The van der Waals surface area contributed by atoms with E-state index in [2.05, 4.69) is 10.0 Å². The lowest BCUT2D eigenvalue weighted by atomic mass is 10.2. The molecule has 3 N–H and O–H groups in total. The van der Waals surface area contributed by atoms with Gasteiger partial charge < -0.3 is 10.4 Å². The second kappa shape index (κ2) is 6.59. The second-order valence-corrected chi connectivity index (χ2v) is 6.46. The number of carboxylic acid groups (broad SMARTS) is 1. The monoisotopic (exact) mass is 334 g/mol. The maximum atomic E-state index is 12.2. The molecule has 8 heteroatoms. The molecule has 0 saturated heterocycles. The quantitative estimate of drug-likeness (QED) is 0.768. The van der Waals surface area contributed by atoms with E-state index in [0.717, 1.165) is 0 Å². The van der Waals surface area contributed by atoms with Crippen LogP contribution in [-0.2, 0) is 10.0 Å². The molecule has 2 rings (SSSR count). The van der Waals surface area contributed by atoms with Crippen molar-refractivity contribution in [2.75, 3.05) is 12.4 Å². The number of carbonyl (C=O) groups excluding carboxylic acids is 1. The van der Waals surface area contributed by atoms with Gasteiger partial charge in [0.05, 0.1) is 10.5 Å². The van der Waals surface area contributed by atoms with Crippen molar-refractivity contribution in [3.63, 3.8) is 0 Å². The number of sulfonamides is 1.